The highest BCUT2D eigenvalue weighted by Crippen LogP contribution is 2.23. The van der Waals surface area contributed by atoms with E-state index in [0.717, 1.165) is 35.8 Å². The van der Waals surface area contributed by atoms with E-state index in [9.17, 15) is 4.79 Å². The summed E-state index contributed by atoms with van der Waals surface area (Å²) in [7, 11) is 0. The fourth-order valence-electron chi connectivity index (χ4n) is 1.84. The average molecular weight is 265 g/mol. The predicted octanol–water partition coefficient (Wildman–Crippen LogP) is 3.71. The Morgan fingerprint density at radius 3 is 2.44 bits per heavy atom. The van der Waals surface area contributed by atoms with Crippen molar-refractivity contribution in [3.05, 3.63) is 29.8 Å². The number of carbonyl (C=O) groups excluding carboxylic acids is 1. The number of carbonyl (C=O) groups is 1. The Morgan fingerprint density at radius 2 is 1.83 bits per heavy atom. The van der Waals surface area contributed by atoms with Crippen molar-refractivity contribution < 1.29 is 4.79 Å². The van der Waals surface area contributed by atoms with E-state index in [0.29, 0.717) is 6.42 Å². The van der Waals surface area contributed by atoms with Gasteiger partial charge < -0.3 is 4.90 Å². The molecule has 0 aliphatic rings. The lowest BCUT2D eigenvalue weighted by Gasteiger charge is -2.17. The second-order valence-corrected chi connectivity index (χ2v) is 5.28. The molecule has 100 valence electrons. The summed E-state index contributed by atoms with van der Waals surface area (Å²) in [5.74, 6) is 1.27. The second-order valence-electron chi connectivity index (χ2n) is 4.15. The molecule has 3 heteroatoms. The molecule has 0 amide bonds. The molecule has 0 atom stereocenters. The summed E-state index contributed by atoms with van der Waals surface area (Å²) in [4.78, 5) is 15.3. The second kappa shape index (κ2) is 8.33. The number of hydrogen-bond acceptors (Lipinski definition) is 3. The molecule has 18 heavy (non-hydrogen) atoms. The number of thioether (sulfide) groups is 1. The smallest absolute Gasteiger partial charge is 0.163 e. The molecule has 0 saturated carbocycles. The van der Waals surface area contributed by atoms with Crippen LogP contribution in [-0.2, 0) is 0 Å². The maximum atomic E-state index is 11.8. The minimum atomic E-state index is 0.237. The van der Waals surface area contributed by atoms with E-state index < -0.39 is 0 Å². The number of ketones is 1. The summed E-state index contributed by atoms with van der Waals surface area (Å²) in [5, 5.41) is 0. The molecule has 0 unspecified atom stereocenters. The van der Waals surface area contributed by atoms with Gasteiger partial charge in [0, 0.05) is 29.2 Å². The summed E-state index contributed by atoms with van der Waals surface area (Å²) in [6.07, 6.45) is 0.577. The molecule has 0 aliphatic heterocycles. The van der Waals surface area contributed by atoms with E-state index in [2.05, 4.69) is 24.8 Å². The summed E-state index contributed by atoms with van der Waals surface area (Å²) < 4.78 is 0. The van der Waals surface area contributed by atoms with E-state index in [1.165, 1.54) is 0 Å². The predicted molar refractivity (Wildman–Crippen MR) is 79.6 cm³/mol. The van der Waals surface area contributed by atoms with E-state index in [1.807, 2.05) is 25.1 Å². The van der Waals surface area contributed by atoms with Gasteiger partial charge in [0.05, 0.1) is 0 Å². The molecule has 0 aliphatic carbocycles. The van der Waals surface area contributed by atoms with Gasteiger partial charge in [0.2, 0.25) is 0 Å². The van der Waals surface area contributed by atoms with Crippen LogP contribution in [0.1, 0.15) is 37.6 Å². The Kier molecular flexibility index (Phi) is 7.06. The van der Waals surface area contributed by atoms with Gasteiger partial charge >= 0.3 is 0 Å². The van der Waals surface area contributed by atoms with Crippen LogP contribution < -0.4 is 0 Å². The van der Waals surface area contributed by atoms with Crippen LogP contribution >= 0.6 is 11.8 Å². The molecule has 0 spiro atoms. The van der Waals surface area contributed by atoms with Crippen molar-refractivity contribution in [3.8, 4) is 0 Å². The van der Waals surface area contributed by atoms with Crippen LogP contribution in [0, 0.1) is 0 Å². The monoisotopic (exact) mass is 265 g/mol. The lowest BCUT2D eigenvalue weighted by Crippen LogP contribution is -2.25. The summed E-state index contributed by atoms with van der Waals surface area (Å²) in [6, 6.07) is 7.94. The van der Waals surface area contributed by atoms with Crippen LogP contribution in [-0.4, -0.2) is 36.1 Å². The number of hydrogen-bond donors (Lipinski definition) is 0. The highest BCUT2D eigenvalue weighted by molar-refractivity contribution is 7.99. The van der Waals surface area contributed by atoms with Gasteiger partial charge in [-0.2, -0.15) is 0 Å². The summed E-state index contributed by atoms with van der Waals surface area (Å²) in [5.41, 5.74) is 0.879. The van der Waals surface area contributed by atoms with Crippen molar-refractivity contribution >= 4 is 17.5 Å². The first-order chi connectivity index (χ1) is 8.72. The Bertz CT molecular complexity index is 375. The first-order valence-corrected chi connectivity index (χ1v) is 7.68. The Morgan fingerprint density at radius 1 is 1.17 bits per heavy atom. The van der Waals surface area contributed by atoms with E-state index in [1.54, 1.807) is 11.8 Å². The van der Waals surface area contributed by atoms with Crippen molar-refractivity contribution in [1.82, 2.24) is 4.90 Å². The van der Waals surface area contributed by atoms with Crippen molar-refractivity contribution in [2.75, 3.05) is 25.4 Å². The van der Waals surface area contributed by atoms with Gasteiger partial charge in [-0.15, -0.1) is 11.8 Å². The van der Waals surface area contributed by atoms with E-state index in [-0.39, 0.29) is 5.78 Å². The fraction of sp³-hybridized carbons (Fsp3) is 0.533. The van der Waals surface area contributed by atoms with Crippen molar-refractivity contribution in [3.63, 3.8) is 0 Å². The van der Waals surface area contributed by atoms with Crippen LogP contribution in [0.25, 0.3) is 0 Å². The maximum absolute atomic E-state index is 11.8. The van der Waals surface area contributed by atoms with E-state index >= 15 is 0 Å². The Balaban J connectivity index is 2.59. The van der Waals surface area contributed by atoms with Gasteiger partial charge in [0.25, 0.3) is 0 Å². The first-order valence-electron chi connectivity index (χ1n) is 6.70. The SMILES string of the molecule is CCC(=O)c1ccccc1SCCN(CC)CC. The molecule has 1 aromatic rings. The number of nitrogens with zero attached hydrogens (tertiary/aromatic N) is 1. The third-order valence-corrected chi connectivity index (χ3v) is 4.12. The average Bonchev–Trinajstić information content (AvgIpc) is 2.43. The Labute approximate surface area is 115 Å². The minimum absolute atomic E-state index is 0.237. The largest absolute Gasteiger partial charge is 0.303 e. The van der Waals surface area contributed by atoms with Crippen molar-refractivity contribution in [2.24, 2.45) is 0 Å². The third-order valence-electron chi connectivity index (χ3n) is 3.07. The third kappa shape index (κ3) is 4.46. The quantitative estimate of drug-likeness (QED) is 0.528. The highest BCUT2D eigenvalue weighted by Gasteiger charge is 2.09. The molecule has 1 rings (SSSR count). The van der Waals surface area contributed by atoms with Crippen LogP contribution in [0.3, 0.4) is 0 Å². The first kappa shape index (κ1) is 15.3. The summed E-state index contributed by atoms with van der Waals surface area (Å²) in [6.45, 7) is 9.54. The Hall–Kier alpha value is -0.800. The van der Waals surface area contributed by atoms with E-state index in [4.69, 9.17) is 0 Å². The molecular formula is C15H23NOS. The molecule has 0 radical (unpaired) electrons. The standard InChI is InChI=1S/C15H23NOS/c1-4-14(17)13-9-7-8-10-15(13)18-12-11-16(5-2)6-3/h7-10H,4-6,11-12H2,1-3H3. The zero-order valence-corrected chi connectivity index (χ0v) is 12.4. The molecular weight excluding hydrogens is 242 g/mol. The van der Waals surface area contributed by atoms with Gasteiger partial charge in [0.15, 0.2) is 5.78 Å². The highest BCUT2D eigenvalue weighted by atomic mass is 32.2. The molecule has 1 aromatic carbocycles. The maximum Gasteiger partial charge on any atom is 0.163 e. The number of benzene rings is 1. The van der Waals surface area contributed by atoms with Crippen LogP contribution in [0.4, 0.5) is 0 Å². The van der Waals surface area contributed by atoms with Crippen molar-refractivity contribution in [2.45, 2.75) is 32.1 Å². The van der Waals surface area contributed by atoms with Gasteiger partial charge in [-0.25, -0.2) is 0 Å². The van der Waals surface area contributed by atoms with Crippen molar-refractivity contribution in [1.29, 1.82) is 0 Å². The fourth-order valence-corrected chi connectivity index (χ4v) is 2.92. The van der Waals surface area contributed by atoms with Gasteiger partial charge in [0.1, 0.15) is 0 Å². The van der Waals surface area contributed by atoms with Gasteiger partial charge in [-0.05, 0) is 19.2 Å². The minimum Gasteiger partial charge on any atom is -0.303 e. The summed E-state index contributed by atoms with van der Waals surface area (Å²) >= 11 is 1.79. The molecule has 0 fully saturated rings. The number of Topliss-reactive ketones (excluding diaryl/α,β-unsaturated/α-hetero) is 1. The normalized spacial score (nSPS) is 10.9. The number of rotatable bonds is 8. The van der Waals surface area contributed by atoms with Crippen LogP contribution in [0.15, 0.2) is 29.2 Å². The zero-order chi connectivity index (χ0) is 13.4. The van der Waals surface area contributed by atoms with Gasteiger partial charge in [-0.1, -0.05) is 39.0 Å². The molecule has 0 bridgehead atoms. The molecule has 0 heterocycles. The molecule has 0 aromatic heterocycles. The molecule has 0 saturated heterocycles. The lowest BCUT2D eigenvalue weighted by molar-refractivity contribution is 0.0985. The zero-order valence-electron chi connectivity index (χ0n) is 11.6. The van der Waals surface area contributed by atoms with Crippen LogP contribution in [0.5, 0.6) is 0 Å². The lowest BCUT2D eigenvalue weighted by atomic mass is 10.1. The van der Waals surface area contributed by atoms with Gasteiger partial charge in [-0.3, -0.25) is 4.79 Å². The molecule has 0 N–H and O–H groups in total. The van der Waals surface area contributed by atoms with Crippen LogP contribution in [0.2, 0.25) is 0 Å². The molecule has 2 nitrogen and oxygen atoms in total. The topological polar surface area (TPSA) is 20.3 Å².